The van der Waals surface area contributed by atoms with Crippen molar-refractivity contribution in [3.8, 4) is 0 Å². The maximum absolute atomic E-state index is 5.98. The number of anilines is 1. The van der Waals surface area contributed by atoms with Gasteiger partial charge in [0.1, 0.15) is 0 Å². The number of nitrogens with one attached hydrogen (secondary N) is 1. The van der Waals surface area contributed by atoms with E-state index in [0.717, 1.165) is 17.7 Å². The molecule has 2 aromatic rings. The molecule has 18 heavy (non-hydrogen) atoms. The van der Waals surface area contributed by atoms with Crippen LogP contribution in [0.15, 0.2) is 48.5 Å². The van der Waals surface area contributed by atoms with Crippen molar-refractivity contribution in [3.05, 3.63) is 63.2 Å². The van der Waals surface area contributed by atoms with Gasteiger partial charge in [0, 0.05) is 9.26 Å². The van der Waals surface area contributed by atoms with Gasteiger partial charge in [-0.1, -0.05) is 30.3 Å². The molecule has 0 radical (unpaired) electrons. The number of para-hydroxylation sites is 1. The number of hydrogen-bond donors (Lipinski definition) is 3. The summed E-state index contributed by atoms with van der Waals surface area (Å²) in [7, 11) is 0. The summed E-state index contributed by atoms with van der Waals surface area (Å²) in [5, 5.41) is 0. The van der Waals surface area contributed by atoms with Crippen molar-refractivity contribution >= 4 is 28.3 Å². The number of halogens is 1. The van der Waals surface area contributed by atoms with Crippen LogP contribution in [-0.4, -0.2) is 0 Å². The van der Waals surface area contributed by atoms with Crippen LogP contribution in [0.3, 0.4) is 0 Å². The second kappa shape index (κ2) is 6.17. The maximum Gasteiger partial charge on any atom is 0.0520 e. The first kappa shape index (κ1) is 13.3. The van der Waals surface area contributed by atoms with Gasteiger partial charge in [-0.3, -0.25) is 11.3 Å². The van der Waals surface area contributed by atoms with Crippen molar-refractivity contribution in [2.24, 2.45) is 5.84 Å². The highest BCUT2D eigenvalue weighted by molar-refractivity contribution is 14.1. The molecule has 0 aliphatic rings. The van der Waals surface area contributed by atoms with Crippen LogP contribution < -0.4 is 17.0 Å². The predicted molar refractivity (Wildman–Crippen MR) is 83.8 cm³/mol. The second-order valence-electron chi connectivity index (χ2n) is 4.18. The molecule has 3 nitrogen and oxygen atoms in total. The van der Waals surface area contributed by atoms with Crippen LogP contribution in [0.4, 0.5) is 5.69 Å². The van der Waals surface area contributed by atoms with Gasteiger partial charge in [0.05, 0.1) is 6.04 Å². The molecule has 2 rings (SSSR count). The molecule has 0 aliphatic heterocycles. The van der Waals surface area contributed by atoms with E-state index in [1.54, 1.807) is 0 Å². The largest absolute Gasteiger partial charge is 0.398 e. The Morgan fingerprint density at radius 1 is 1.06 bits per heavy atom. The summed E-state index contributed by atoms with van der Waals surface area (Å²) in [4.78, 5) is 0. The first-order chi connectivity index (χ1) is 8.70. The van der Waals surface area contributed by atoms with E-state index in [1.807, 2.05) is 24.3 Å². The van der Waals surface area contributed by atoms with E-state index in [2.05, 4.69) is 52.3 Å². The van der Waals surface area contributed by atoms with E-state index in [-0.39, 0.29) is 6.04 Å². The Balaban J connectivity index is 2.20. The molecule has 0 spiro atoms. The fraction of sp³-hybridized carbons (Fsp3) is 0.143. The van der Waals surface area contributed by atoms with Crippen molar-refractivity contribution in [2.75, 3.05) is 5.73 Å². The minimum atomic E-state index is 0.0336. The van der Waals surface area contributed by atoms with Crippen LogP contribution in [0, 0.1) is 3.57 Å². The minimum Gasteiger partial charge on any atom is -0.398 e. The Kier molecular flexibility index (Phi) is 4.57. The van der Waals surface area contributed by atoms with Crippen molar-refractivity contribution in [2.45, 2.75) is 12.5 Å². The van der Waals surface area contributed by atoms with Gasteiger partial charge < -0.3 is 5.73 Å². The summed E-state index contributed by atoms with van der Waals surface area (Å²) in [5.74, 6) is 5.64. The number of hydrogen-bond acceptors (Lipinski definition) is 3. The Morgan fingerprint density at radius 3 is 2.33 bits per heavy atom. The smallest absolute Gasteiger partial charge is 0.0520 e. The van der Waals surface area contributed by atoms with Crippen molar-refractivity contribution < 1.29 is 0 Å². The normalized spacial score (nSPS) is 12.3. The highest BCUT2D eigenvalue weighted by atomic mass is 127. The van der Waals surface area contributed by atoms with Crippen LogP contribution in [0.25, 0.3) is 0 Å². The first-order valence-electron chi connectivity index (χ1n) is 5.75. The number of nitrogens with two attached hydrogens (primary N) is 2. The van der Waals surface area contributed by atoms with E-state index in [1.165, 1.54) is 9.13 Å². The third-order valence-corrected chi connectivity index (χ3v) is 3.64. The van der Waals surface area contributed by atoms with E-state index < -0.39 is 0 Å². The van der Waals surface area contributed by atoms with Crippen molar-refractivity contribution in [1.29, 1.82) is 0 Å². The molecule has 5 N–H and O–H groups in total. The Bertz CT molecular complexity index is 511. The third kappa shape index (κ3) is 3.22. The van der Waals surface area contributed by atoms with Gasteiger partial charge in [-0.2, -0.15) is 0 Å². The molecule has 0 aliphatic carbocycles. The average Bonchev–Trinajstić information content (AvgIpc) is 2.39. The SMILES string of the molecule is NNC(Cc1ccc(I)cc1)c1ccccc1N. The Morgan fingerprint density at radius 2 is 1.72 bits per heavy atom. The van der Waals surface area contributed by atoms with E-state index in [4.69, 9.17) is 11.6 Å². The van der Waals surface area contributed by atoms with Gasteiger partial charge in [0.2, 0.25) is 0 Å². The predicted octanol–water partition coefficient (Wildman–Crippen LogP) is 2.62. The Hall–Kier alpha value is -1.11. The van der Waals surface area contributed by atoms with Gasteiger partial charge >= 0.3 is 0 Å². The van der Waals surface area contributed by atoms with Gasteiger partial charge in [0.15, 0.2) is 0 Å². The van der Waals surface area contributed by atoms with Gasteiger partial charge in [-0.15, -0.1) is 0 Å². The van der Waals surface area contributed by atoms with Crippen molar-refractivity contribution in [3.63, 3.8) is 0 Å². The highest BCUT2D eigenvalue weighted by Gasteiger charge is 2.12. The lowest BCUT2D eigenvalue weighted by molar-refractivity contribution is 0.553. The van der Waals surface area contributed by atoms with Crippen molar-refractivity contribution in [1.82, 2.24) is 5.43 Å². The topological polar surface area (TPSA) is 64.1 Å². The standard InChI is InChI=1S/C14H16IN3/c15-11-7-5-10(6-8-11)9-14(18-17)12-3-1-2-4-13(12)16/h1-8,14,18H,9,16-17H2. The zero-order chi connectivity index (χ0) is 13.0. The summed E-state index contributed by atoms with van der Waals surface area (Å²) in [5.41, 5.74) is 11.9. The molecule has 1 unspecified atom stereocenters. The van der Waals surface area contributed by atoms with Gasteiger partial charge in [0.25, 0.3) is 0 Å². The van der Waals surface area contributed by atoms with Crippen LogP contribution in [0.2, 0.25) is 0 Å². The zero-order valence-electron chi connectivity index (χ0n) is 9.94. The summed E-state index contributed by atoms with van der Waals surface area (Å²) in [6.45, 7) is 0. The lowest BCUT2D eigenvalue weighted by Crippen LogP contribution is -2.30. The lowest BCUT2D eigenvalue weighted by Gasteiger charge is -2.18. The van der Waals surface area contributed by atoms with Crippen LogP contribution in [0.5, 0.6) is 0 Å². The molecule has 0 saturated carbocycles. The monoisotopic (exact) mass is 353 g/mol. The fourth-order valence-electron chi connectivity index (χ4n) is 1.94. The summed E-state index contributed by atoms with van der Waals surface area (Å²) >= 11 is 2.30. The van der Waals surface area contributed by atoms with Gasteiger partial charge in [-0.25, -0.2) is 0 Å². The van der Waals surface area contributed by atoms with Crippen LogP contribution >= 0.6 is 22.6 Å². The van der Waals surface area contributed by atoms with E-state index >= 15 is 0 Å². The number of nitrogen functional groups attached to an aromatic ring is 1. The number of benzene rings is 2. The van der Waals surface area contributed by atoms with E-state index in [9.17, 15) is 0 Å². The molecule has 0 bridgehead atoms. The quantitative estimate of drug-likeness (QED) is 0.343. The molecule has 0 amide bonds. The molecular weight excluding hydrogens is 337 g/mol. The average molecular weight is 353 g/mol. The molecule has 0 aromatic heterocycles. The molecular formula is C14H16IN3. The first-order valence-corrected chi connectivity index (χ1v) is 6.83. The van der Waals surface area contributed by atoms with E-state index in [0.29, 0.717) is 0 Å². The molecule has 94 valence electrons. The maximum atomic E-state index is 5.98. The summed E-state index contributed by atoms with van der Waals surface area (Å²) < 4.78 is 1.23. The zero-order valence-corrected chi connectivity index (χ0v) is 12.1. The van der Waals surface area contributed by atoms with Crippen LogP contribution in [0.1, 0.15) is 17.2 Å². The number of rotatable bonds is 4. The molecule has 0 saturated heterocycles. The third-order valence-electron chi connectivity index (χ3n) is 2.93. The molecule has 4 heteroatoms. The molecule has 2 aromatic carbocycles. The summed E-state index contributed by atoms with van der Waals surface area (Å²) in [6, 6.07) is 16.3. The van der Waals surface area contributed by atoms with Gasteiger partial charge in [-0.05, 0) is 58.3 Å². The Labute approximate surface area is 121 Å². The number of hydrazine groups is 1. The molecule has 0 heterocycles. The second-order valence-corrected chi connectivity index (χ2v) is 5.42. The lowest BCUT2D eigenvalue weighted by atomic mass is 9.98. The van der Waals surface area contributed by atoms with Crippen LogP contribution in [-0.2, 0) is 6.42 Å². The fourth-order valence-corrected chi connectivity index (χ4v) is 2.30. The highest BCUT2D eigenvalue weighted by Crippen LogP contribution is 2.23. The molecule has 1 atom stereocenters. The molecule has 0 fully saturated rings. The summed E-state index contributed by atoms with van der Waals surface area (Å²) in [6.07, 6.45) is 0.821. The minimum absolute atomic E-state index is 0.0336.